The summed E-state index contributed by atoms with van der Waals surface area (Å²) in [7, 11) is 0. The monoisotopic (exact) mass is 289 g/mol. The Kier molecular flexibility index (Phi) is 2.55. The van der Waals surface area contributed by atoms with E-state index in [-0.39, 0.29) is 37.3 Å². The molecule has 1 atom stereocenters. The van der Waals surface area contributed by atoms with Crippen LogP contribution in [0.1, 0.15) is 4.11 Å². The molecule has 1 fully saturated rings. The van der Waals surface area contributed by atoms with E-state index in [4.69, 9.17) is 13.7 Å². The van der Waals surface area contributed by atoms with Crippen LogP contribution in [-0.4, -0.2) is 50.2 Å². The van der Waals surface area contributed by atoms with Crippen molar-refractivity contribution in [1.82, 2.24) is 19.7 Å². The van der Waals surface area contributed by atoms with Crippen molar-refractivity contribution in [3.05, 3.63) is 24.5 Å². The Balaban J connectivity index is 1.83. The summed E-state index contributed by atoms with van der Waals surface area (Å²) in [4.78, 5) is 13.5. The first kappa shape index (κ1) is 9.34. The molecule has 1 unspecified atom stereocenters. The minimum Gasteiger partial charge on any atom is -0.314 e. The predicted octanol–water partition coefficient (Wildman–Crippen LogP) is 0.760. The van der Waals surface area contributed by atoms with Gasteiger partial charge in [-0.2, -0.15) is 14.4 Å². The second-order valence-corrected chi connectivity index (χ2v) is 4.18. The number of nitrogens with zero attached hydrogens (tertiary/aromatic N) is 4. The van der Waals surface area contributed by atoms with Crippen molar-refractivity contribution in [2.24, 2.45) is 0 Å². The zero-order valence-electron chi connectivity index (χ0n) is 12.3. The molecule has 3 rings (SSSR count). The fraction of sp³-hybridized carbons (Fsp3) is 0.333. The number of aromatic nitrogens is 2. The second-order valence-electron chi connectivity index (χ2n) is 3.76. The number of fused-ring (bicyclic) bond motifs is 2. The third kappa shape index (κ3) is 2.31. The minimum atomic E-state index is -0.460. The maximum atomic E-state index is 12.1. The molecule has 0 saturated carbocycles. The van der Waals surface area contributed by atoms with Crippen molar-refractivity contribution >= 4 is 24.1 Å². The van der Waals surface area contributed by atoms with Crippen LogP contribution in [0.3, 0.4) is 0 Å². The van der Waals surface area contributed by atoms with Crippen LogP contribution in [0.15, 0.2) is 24.5 Å². The van der Waals surface area contributed by atoms with Crippen molar-refractivity contribution in [1.29, 1.82) is 0 Å². The molecule has 9 nitrogen and oxygen atoms in total. The summed E-state index contributed by atoms with van der Waals surface area (Å²) < 4.78 is 33.0. The van der Waals surface area contributed by atoms with Crippen LogP contribution in [0.5, 0.6) is 0 Å². The molecular weight excluding hydrogens is 276 g/mol. The molecule has 2 aliphatic rings. The first-order valence-corrected chi connectivity index (χ1v) is 5.83. The van der Waals surface area contributed by atoms with E-state index in [0.717, 1.165) is 9.75 Å². The van der Waals surface area contributed by atoms with Gasteiger partial charge in [0.25, 0.3) is 0 Å². The van der Waals surface area contributed by atoms with Gasteiger partial charge in [0.15, 0.2) is 0 Å². The van der Waals surface area contributed by atoms with Crippen LogP contribution < -0.4 is 0 Å². The van der Waals surface area contributed by atoms with Crippen LogP contribution in [-0.2, 0) is 13.7 Å². The van der Waals surface area contributed by atoms with Crippen molar-refractivity contribution < 1.29 is 27.8 Å². The van der Waals surface area contributed by atoms with Crippen LogP contribution in [0.25, 0.3) is 5.70 Å². The molecule has 1 aromatic heterocycles. The zero-order valence-corrected chi connectivity index (χ0v) is 10.2. The third-order valence-corrected chi connectivity index (χ3v) is 3.05. The highest BCUT2D eigenvalue weighted by Gasteiger charge is 2.42. The quantitative estimate of drug-likeness (QED) is 0.370. The average Bonchev–Trinajstić information content (AvgIpc) is 2.89. The Labute approximate surface area is 116 Å². The van der Waals surface area contributed by atoms with Gasteiger partial charge >= 0.3 is 6.03 Å². The number of hydroxylamine groups is 2. The average molecular weight is 289 g/mol. The van der Waals surface area contributed by atoms with Gasteiger partial charge in [0.2, 0.25) is 12.3 Å². The number of hydrogen-bond acceptors (Lipinski definition) is 7. The molecule has 102 valence electrons. The number of urea groups is 1. The lowest BCUT2D eigenvalue weighted by Crippen LogP contribution is -2.31. The normalized spacial score (nSPS) is 24.3. The number of rotatable bonds is 5. The SMILES string of the molecule is [2H]c1nn(C2=CC3CN(C2)C(=O)N3OSOOO)c([2H])c1[2H]. The smallest absolute Gasteiger partial charge is 0.314 e. The van der Waals surface area contributed by atoms with Gasteiger partial charge in [-0.3, -0.25) is 0 Å². The fourth-order valence-electron chi connectivity index (χ4n) is 1.98. The Morgan fingerprint density at radius 2 is 2.53 bits per heavy atom. The zero-order chi connectivity index (χ0) is 15.9. The Morgan fingerprint density at radius 1 is 1.63 bits per heavy atom. The van der Waals surface area contributed by atoms with E-state index in [1.165, 1.54) is 4.90 Å². The van der Waals surface area contributed by atoms with Crippen LogP contribution in [0.2, 0.25) is 0 Å². The Hall–Kier alpha value is -1.59. The summed E-state index contributed by atoms with van der Waals surface area (Å²) in [5, 5.41) is 16.2. The number of hydrogen-bond donors (Lipinski definition) is 1. The molecule has 10 heteroatoms. The number of carbonyl (C=O) groups excluding carboxylic acids is 1. The second kappa shape index (κ2) is 5.19. The summed E-state index contributed by atoms with van der Waals surface area (Å²) in [6, 6.07) is -1.17. The van der Waals surface area contributed by atoms with Gasteiger partial charge < -0.3 is 4.90 Å². The Bertz CT molecular complexity index is 641. The van der Waals surface area contributed by atoms with E-state index in [2.05, 4.69) is 14.5 Å². The van der Waals surface area contributed by atoms with Gasteiger partial charge in [0, 0.05) is 18.9 Å². The van der Waals surface area contributed by atoms with E-state index in [9.17, 15) is 4.79 Å². The standard InChI is InChI=1S/C9H10N4O5S/c14-9-11-5-7(12-3-1-2-10-12)4-8(6-11)13(9)16-19-18-17-15/h1-4,8,15H,5-6H2/i1D,2D,3D. The summed E-state index contributed by atoms with van der Waals surface area (Å²) in [5.74, 6) is 0. The molecule has 0 radical (unpaired) electrons. The van der Waals surface area contributed by atoms with E-state index in [1.807, 2.05) is 0 Å². The van der Waals surface area contributed by atoms with Crippen molar-refractivity contribution in [3.8, 4) is 0 Å². The van der Waals surface area contributed by atoms with Gasteiger partial charge in [-0.05, 0) is 12.1 Å². The number of amides is 2. The predicted molar refractivity (Wildman–Crippen MR) is 62.6 cm³/mol. The van der Waals surface area contributed by atoms with Crippen LogP contribution >= 0.6 is 12.3 Å². The molecule has 3 heterocycles. The van der Waals surface area contributed by atoms with Gasteiger partial charge in [-0.25, -0.2) is 14.7 Å². The van der Waals surface area contributed by atoms with Crippen molar-refractivity contribution in [2.45, 2.75) is 6.04 Å². The lowest BCUT2D eigenvalue weighted by Gasteiger charge is -2.20. The van der Waals surface area contributed by atoms with E-state index in [0.29, 0.717) is 12.2 Å². The number of carbonyl (C=O) groups is 1. The van der Waals surface area contributed by atoms with Crippen LogP contribution in [0.4, 0.5) is 4.79 Å². The molecule has 0 aromatic carbocycles. The van der Waals surface area contributed by atoms with Crippen molar-refractivity contribution in [2.75, 3.05) is 13.1 Å². The molecule has 2 aliphatic heterocycles. The topological polar surface area (TPSA) is 89.3 Å². The van der Waals surface area contributed by atoms with Gasteiger partial charge in [-0.1, -0.05) is 5.04 Å². The summed E-state index contributed by atoms with van der Waals surface area (Å²) >= 11 is 0.267. The first-order chi connectivity index (χ1) is 10.5. The van der Waals surface area contributed by atoms with Gasteiger partial charge in [-0.15, -0.1) is 4.33 Å². The third-order valence-electron chi connectivity index (χ3n) is 2.71. The highest BCUT2D eigenvalue weighted by Crippen LogP contribution is 2.28. The molecule has 19 heavy (non-hydrogen) atoms. The van der Waals surface area contributed by atoms with Crippen molar-refractivity contribution in [3.63, 3.8) is 0 Å². The lowest BCUT2D eigenvalue weighted by molar-refractivity contribution is -0.435. The minimum absolute atomic E-state index is 0.170. The molecule has 2 bridgehead atoms. The summed E-state index contributed by atoms with van der Waals surface area (Å²) in [5.41, 5.74) is 0.497. The maximum absolute atomic E-state index is 12.1. The summed E-state index contributed by atoms with van der Waals surface area (Å²) in [6.07, 6.45) is 1.14. The van der Waals surface area contributed by atoms with Gasteiger partial charge in [0.1, 0.15) is 6.04 Å². The molecule has 1 saturated heterocycles. The molecule has 0 aliphatic carbocycles. The summed E-state index contributed by atoms with van der Waals surface area (Å²) in [6.45, 7) is 0.544. The molecule has 0 spiro atoms. The van der Waals surface area contributed by atoms with Crippen LogP contribution in [0, 0.1) is 0 Å². The largest absolute Gasteiger partial charge is 0.346 e. The first-order valence-electron chi connectivity index (χ1n) is 6.66. The van der Waals surface area contributed by atoms with E-state index in [1.54, 1.807) is 6.08 Å². The highest BCUT2D eigenvalue weighted by atomic mass is 32.2. The molecule has 1 N–H and O–H groups in total. The van der Waals surface area contributed by atoms with Gasteiger partial charge in [0.05, 0.1) is 16.4 Å². The fourth-order valence-corrected chi connectivity index (χ4v) is 2.27. The molecule has 2 amide bonds. The van der Waals surface area contributed by atoms with E-state index < -0.39 is 12.1 Å². The Morgan fingerprint density at radius 3 is 3.26 bits per heavy atom. The maximum Gasteiger partial charge on any atom is 0.346 e. The molecular formula is C9H10N4O5S. The molecule has 1 aromatic rings. The van der Waals surface area contributed by atoms with E-state index >= 15 is 0 Å². The lowest BCUT2D eigenvalue weighted by atomic mass is 10.2. The highest BCUT2D eigenvalue weighted by molar-refractivity contribution is 7.89.